The average molecular weight is 354 g/mol. The highest BCUT2D eigenvalue weighted by molar-refractivity contribution is 7.90. The Morgan fingerprint density at radius 3 is 2.24 bits per heavy atom. The van der Waals surface area contributed by atoms with Crippen molar-refractivity contribution in [1.29, 1.82) is 0 Å². The van der Waals surface area contributed by atoms with Crippen LogP contribution in [0.2, 0.25) is 0 Å². The standard InChI is InChI=1S/C19H18N2O3S/c1-24-18-9-4-15(5-10-18)3-6-16-13-14-21(20-16)17-7-11-19(12-8-17)25(2,22)23/h3-14H,1-2H3/b6-3+. The lowest BCUT2D eigenvalue weighted by Gasteiger charge is -2.02. The number of hydrogen-bond acceptors (Lipinski definition) is 4. The van der Waals surface area contributed by atoms with Gasteiger partial charge in [-0.25, -0.2) is 13.1 Å². The Morgan fingerprint density at radius 1 is 0.960 bits per heavy atom. The molecule has 128 valence electrons. The highest BCUT2D eigenvalue weighted by Gasteiger charge is 2.07. The number of sulfone groups is 1. The van der Waals surface area contributed by atoms with Gasteiger partial charge in [0.05, 0.1) is 23.4 Å². The summed E-state index contributed by atoms with van der Waals surface area (Å²) >= 11 is 0. The number of rotatable bonds is 5. The first-order chi connectivity index (χ1) is 12.0. The lowest BCUT2D eigenvalue weighted by molar-refractivity contribution is 0.415. The van der Waals surface area contributed by atoms with Gasteiger partial charge in [0.15, 0.2) is 9.84 Å². The van der Waals surface area contributed by atoms with Gasteiger partial charge in [-0.3, -0.25) is 0 Å². The third-order valence-electron chi connectivity index (χ3n) is 3.70. The van der Waals surface area contributed by atoms with Crippen LogP contribution in [0, 0.1) is 0 Å². The van der Waals surface area contributed by atoms with Gasteiger partial charge in [-0.15, -0.1) is 0 Å². The quantitative estimate of drug-likeness (QED) is 0.704. The third kappa shape index (κ3) is 4.16. The molecule has 0 fully saturated rings. The molecule has 3 rings (SSSR count). The van der Waals surface area contributed by atoms with Crippen molar-refractivity contribution in [3.8, 4) is 11.4 Å². The van der Waals surface area contributed by atoms with Gasteiger partial charge in [-0.1, -0.05) is 18.2 Å². The van der Waals surface area contributed by atoms with Crippen LogP contribution in [0.25, 0.3) is 17.8 Å². The van der Waals surface area contributed by atoms with Crippen molar-refractivity contribution in [3.63, 3.8) is 0 Å². The highest BCUT2D eigenvalue weighted by Crippen LogP contribution is 2.16. The van der Waals surface area contributed by atoms with E-state index in [-0.39, 0.29) is 0 Å². The van der Waals surface area contributed by atoms with Crippen LogP contribution in [0.5, 0.6) is 5.75 Å². The Labute approximate surface area is 147 Å². The van der Waals surface area contributed by atoms with Crippen molar-refractivity contribution in [2.45, 2.75) is 4.90 Å². The smallest absolute Gasteiger partial charge is 0.175 e. The van der Waals surface area contributed by atoms with Crippen LogP contribution in [-0.2, 0) is 9.84 Å². The largest absolute Gasteiger partial charge is 0.497 e. The van der Waals surface area contributed by atoms with Gasteiger partial charge in [0.2, 0.25) is 0 Å². The first-order valence-electron chi connectivity index (χ1n) is 7.64. The zero-order valence-electron chi connectivity index (χ0n) is 14.0. The second-order valence-electron chi connectivity index (χ2n) is 5.56. The van der Waals surface area contributed by atoms with Crippen LogP contribution < -0.4 is 4.74 Å². The molecule has 0 atom stereocenters. The molecule has 0 saturated carbocycles. The molecular weight excluding hydrogens is 336 g/mol. The summed E-state index contributed by atoms with van der Waals surface area (Å²) in [4.78, 5) is 0.294. The molecular formula is C19H18N2O3S. The van der Waals surface area contributed by atoms with E-state index in [1.54, 1.807) is 36.1 Å². The van der Waals surface area contributed by atoms with Crippen LogP contribution in [0.15, 0.2) is 65.7 Å². The maximum atomic E-state index is 11.5. The van der Waals surface area contributed by atoms with Gasteiger partial charge >= 0.3 is 0 Å². The van der Waals surface area contributed by atoms with Crippen molar-refractivity contribution in [2.75, 3.05) is 13.4 Å². The molecule has 1 aromatic heterocycles. The van der Waals surface area contributed by atoms with E-state index >= 15 is 0 Å². The van der Waals surface area contributed by atoms with E-state index < -0.39 is 9.84 Å². The number of benzene rings is 2. The molecule has 3 aromatic rings. The average Bonchev–Trinajstić information content (AvgIpc) is 3.09. The Kier molecular flexibility index (Phi) is 4.72. The van der Waals surface area contributed by atoms with Crippen LogP contribution in [0.1, 0.15) is 11.3 Å². The fourth-order valence-electron chi connectivity index (χ4n) is 2.31. The Hall–Kier alpha value is -2.86. The minimum atomic E-state index is -3.19. The van der Waals surface area contributed by atoms with Crippen molar-refractivity contribution in [3.05, 3.63) is 72.1 Å². The van der Waals surface area contributed by atoms with E-state index in [0.717, 1.165) is 22.7 Å². The van der Waals surface area contributed by atoms with Crippen molar-refractivity contribution in [2.24, 2.45) is 0 Å². The first kappa shape index (κ1) is 17.0. The third-order valence-corrected chi connectivity index (χ3v) is 4.83. The van der Waals surface area contributed by atoms with E-state index in [4.69, 9.17) is 4.74 Å². The fourth-order valence-corrected chi connectivity index (χ4v) is 2.94. The lowest BCUT2D eigenvalue weighted by atomic mass is 10.2. The fraction of sp³-hybridized carbons (Fsp3) is 0.105. The van der Waals surface area contributed by atoms with Crippen LogP contribution in [0.4, 0.5) is 0 Å². The molecule has 6 heteroatoms. The van der Waals surface area contributed by atoms with Crippen LogP contribution in [-0.4, -0.2) is 31.6 Å². The summed E-state index contributed by atoms with van der Waals surface area (Å²) in [5, 5.41) is 4.48. The predicted molar refractivity (Wildman–Crippen MR) is 98.6 cm³/mol. The molecule has 0 saturated heterocycles. The zero-order chi connectivity index (χ0) is 17.9. The maximum Gasteiger partial charge on any atom is 0.175 e. The lowest BCUT2D eigenvalue weighted by Crippen LogP contribution is -1.99. The Morgan fingerprint density at radius 2 is 1.64 bits per heavy atom. The molecule has 25 heavy (non-hydrogen) atoms. The van der Waals surface area contributed by atoms with Crippen molar-refractivity contribution >= 4 is 22.0 Å². The highest BCUT2D eigenvalue weighted by atomic mass is 32.2. The van der Waals surface area contributed by atoms with Gasteiger partial charge in [0, 0.05) is 12.5 Å². The summed E-state index contributed by atoms with van der Waals surface area (Å²) in [7, 11) is -1.55. The number of hydrogen-bond donors (Lipinski definition) is 0. The summed E-state index contributed by atoms with van der Waals surface area (Å²) in [6.45, 7) is 0. The summed E-state index contributed by atoms with van der Waals surface area (Å²) in [5.41, 5.74) is 2.66. The molecule has 2 aromatic carbocycles. The Bertz CT molecular complexity index is 986. The van der Waals surface area contributed by atoms with E-state index in [9.17, 15) is 8.42 Å². The summed E-state index contributed by atoms with van der Waals surface area (Å²) in [6, 6.07) is 16.3. The van der Waals surface area contributed by atoms with E-state index in [1.165, 1.54) is 6.26 Å². The number of ether oxygens (including phenoxy) is 1. The number of aromatic nitrogens is 2. The monoisotopic (exact) mass is 354 g/mol. The van der Waals surface area contributed by atoms with Crippen LogP contribution in [0.3, 0.4) is 0 Å². The molecule has 5 nitrogen and oxygen atoms in total. The molecule has 0 amide bonds. The molecule has 0 unspecified atom stereocenters. The molecule has 0 radical (unpaired) electrons. The van der Waals surface area contributed by atoms with Crippen molar-refractivity contribution < 1.29 is 13.2 Å². The second-order valence-corrected chi connectivity index (χ2v) is 7.57. The number of nitrogens with zero attached hydrogens (tertiary/aromatic N) is 2. The summed E-state index contributed by atoms with van der Waals surface area (Å²) < 4.78 is 29.9. The maximum absolute atomic E-state index is 11.5. The second kappa shape index (κ2) is 6.94. The van der Waals surface area contributed by atoms with Gasteiger partial charge < -0.3 is 4.74 Å². The SMILES string of the molecule is COc1ccc(/C=C/c2ccn(-c3ccc(S(C)(=O)=O)cc3)n2)cc1. The van der Waals surface area contributed by atoms with E-state index in [2.05, 4.69) is 5.10 Å². The molecule has 1 heterocycles. The molecule has 0 bridgehead atoms. The summed E-state index contributed by atoms with van der Waals surface area (Å²) in [6.07, 6.45) is 6.92. The van der Waals surface area contributed by atoms with Crippen LogP contribution >= 0.6 is 0 Å². The molecule has 0 spiro atoms. The molecule has 0 N–H and O–H groups in total. The van der Waals surface area contributed by atoms with E-state index in [0.29, 0.717) is 4.90 Å². The van der Waals surface area contributed by atoms with Gasteiger partial charge in [0.25, 0.3) is 0 Å². The van der Waals surface area contributed by atoms with Gasteiger partial charge in [-0.2, -0.15) is 5.10 Å². The zero-order valence-corrected chi connectivity index (χ0v) is 14.8. The number of methoxy groups -OCH3 is 1. The van der Waals surface area contributed by atoms with Crippen molar-refractivity contribution in [1.82, 2.24) is 9.78 Å². The predicted octanol–water partition coefficient (Wildman–Crippen LogP) is 3.45. The first-order valence-corrected chi connectivity index (χ1v) is 9.53. The van der Waals surface area contributed by atoms with Gasteiger partial charge in [0.1, 0.15) is 5.75 Å². The summed E-state index contributed by atoms with van der Waals surface area (Å²) in [5.74, 6) is 0.818. The normalized spacial score (nSPS) is 11.8. The molecule has 0 aliphatic heterocycles. The minimum Gasteiger partial charge on any atom is -0.497 e. The Balaban J connectivity index is 1.76. The molecule has 0 aliphatic rings. The molecule has 0 aliphatic carbocycles. The van der Waals surface area contributed by atoms with Gasteiger partial charge in [-0.05, 0) is 54.1 Å². The van der Waals surface area contributed by atoms with E-state index in [1.807, 2.05) is 48.7 Å². The topological polar surface area (TPSA) is 61.2 Å². The minimum absolute atomic E-state index is 0.294.